The molecule has 6 nitrogen and oxygen atoms in total. The minimum Gasteiger partial charge on any atom is -0.378 e. The van der Waals surface area contributed by atoms with Gasteiger partial charge in [-0.05, 0) is 44.4 Å². The largest absolute Gasteiger partial charge is 0.378 e. The topological polar surface area (TPSA) is 71.1 Å². The van der Waals surface area contributed by atoms with Gasteiger partial charge < -0.3 is 9.64 Å². The predicted molar refractivity (Wildman–Crippen MR) is 86.1 cm³/mol. The molecule has 4 rings (SSSR count). The summed E-state index contributed by atoms with van der Waals surface area (Å²) in [4.78, 5) is 14.8. The number of nitrogens with zero attached hydrogens (tertiary/aromatic N) is 3. The van der Waals surface area contributed by atoms with Crippen molar-refractivity contribution in [3.05, 3.63) is 23.8 Å². The molecule has 1 N–H and O–H groups in total. The maximum Gasteiger partial charge on any atom is 0.253 e. The zero-order chi connectivity index (χ0) is 16.0. The molecule has 2 aromatic rings. The first-order valence-electron chi connectivity index (χ1n) is 8.35. The second-order valence-electron chi connectivity index (χ2n) is 6.73. The van der Waals surface area contributed by atoms with Crippen molar-refractivity contribution in [3.8, 4) is 0 Å². The van der Waals surface area contributed by atoms with Crippen molar-refractivity contribution in [1.29, 1.82) is 0 Å². The molecule has 2 aliphatic rings. The number of ether oxygens (including phenoxy) is 1. The third-order valence-corrected chi connectivity index (χ3v) is 5.75. The van der Waals surface area contributed by atoms with Crippen LogP contribution in [0.1, 0.15) is 43.0 Å². The molecule has 0 radical (unpaired) electrons. The van der Waals surface area contributed by atoms with Crippen molar-refractivity contribution in [3.63, 3.8) is 0 Å². The summed E-state index contributed by atoms with van der Waals surface area (Å²) in [5.41, 5.74) is 2.37. The fourth-order valence-corrected chi connectivity index (χ4v) is 4.26. The highest BCUT2D eigenvalue weighted by molar-refractivity contribution is 5.97. The SMILES string of the molecule is CCOC1CC(N(C)C(=O)c2ccc3n[nH]nc3c2)C12CCC2. The molecule has 2 saturated carbocycles. The molecule has 0 bridgehead atoms. The molecule has 1 aromatic carbocycles. The number of carbonyl (C=O) groups is 1. The highest BCUT2D eigenvalue weighted by atomic mass is 16.5. The Labute approximate surface area is 135 Å². The number of hydrogen-bond donors (Lipinski definition) is 1. The molecule has 23 heavy (non-hydrogen) atoms. The lowest BCUT2D eigenvalue weighted by Gasteiger charge is -2.63. The molecule has 1 spiro atoms. The summed E-state index contributed by atoms with van der Waals surface area (Å²) in [6.07, 6.45) is 4.85. The number of amides is 1. The standard InChI is InChI=1S/C17H22N4O2/c1-3-23-15-10-14(17(15)7-4-8-17)21(2)16(22)11-5-6-12-13(9-11)19-20-18-12/h5-6,9,14-15H,3-4,7-8,10H2,1-2H3,(H,18,19,20). The number of rotatable bonds is 4. The fourth-order valence-electron chi connectivity index (χ4n) is 4.26. The zero-order valence-corrected chi connectivity index (χ0v) is 13.6. The minimum absolute atomic E-state index is 0.0566. The first-order chi connectivity index (χ1) is 11.2. The van der Waals surface area contributed by atoms with Gasteiger partial charge in [-0.2, -0.15) is 15.4 Å². The van der Waals surface area contributed by atoms with Crippen LogP contribution in [0, 0.1) is 5.41 Å². The van der Waals surface area contributed by atoms with E-state index in [1.807, 2.05) is 37.1 Å². The van der Waals surface area contributed by atoms with E-state index in [1.165, 1.54) is 19.3 Å². The molecule has 0 aliphatic heterocycles. The number of fused-ring (bicyclic) bond motifs is 1. The first-order valence-corrected chi connectivity index (χ1v) is 8.35. The maximum atomic E-state index is 12.9. The normalized spacial score (nSPS) is 25.1. The third kappa shape index (κ3) is 2.08. The van der Waals surface area contributed by atoms with Crippen LogP contribution in [-0.4, -0.2) is 52.0 Å². The van der Waals surface area contributed by atoms with Gasteiger partial charge in [0, 0.05) is 30.7 Å². The number of hydrogen-bond acceptors (Lipinski definition) is 4. The van der Waals surface area contributed by atoms with Gasteiger partial charge in [0.2, 0.25) is 0 Å². The smallest absolute Gasteiger partial charge is 0.253 e. The second kappa shape index (κ2) is 5.30. The number of benzene rings is 1. The van der Waals surface area contributed by atoms with Crippen molar-refractivity contribution in [2.75, 3.05) is 13.7 Å². The zero-order valence-electron chi connectivity index (χ0n) is 13.6. The molecular weight excluding hydrogens is 292 g/mol. The minimum atomic E-state index is 0.0566. The van der Waals surface area contributed by atoms with Crippen LogP contribution in [0.15, 0.2) is 18.2 Å². The first kappa shape index (κ1) is 14.6. The molecular formula is C17H22N4O2. The third-order valence-electron chi connectivity index (χ3n) is 5.75. The second-order valence-corrected chi connectivity index (χ2v) is 6.73. The summed E-state index contributed by atoms with van der Waals surface area (Å²) in [6, 6.07) is 5.76. The van der Waals surface area contributed by atoms with Gasteiger partial charge in [-0.15, -0.1) is 0 Å². The molecule has 2 fully saturated rings. The Hall–Kier alpha value is -1.95. The fraction of sp³-hybridized carbons (Fsp3) is 0.588. The van der Waals surface area contributed by atoms with E-state index in [-0.39, 0.29) is 17.4 Å². The molecule has 2 unspecified atom stereocenters. The van der Waals surface area contributed by atoms with E-state index in [1.54, 1.807) is 0 Å². The average molecular weight is 314 g/mol. The van der Waals surface area contributed by atoms with Gasteiger partial charge >= 0.3 is 0 Å². The van der Waals surface area contributed by atoms with Crippen LogP contribution < -0.4 is 0 Å². The van der Waals surface area contributed by atoms with Crippen LogP contribution in [0.3, 0.4) is 0 Å². The van der Waals surface area contributed by atoms with Crippen molar-refractivity contribution in [2.24, 2.45) is 5.41 Å². The van der Waals surface area contributed by atoms with E-state index in [0.29, 0.717) is 11.7 Å². The Kier molecular flexibility index (Phi) is 3.37. The maximum absolute atomic E-state index is 12.9. The van der Waals surface area contributed by atoms with E-state index in [9.17, 15) is 4.79 Å². The molecule has 2 aliphatic carbocycles. The number of H-pyrrole nitrogens is 1. The highest BCUT2D eigenvalue weighted by Gasteiger charge is 2.60. The van der Waals surface area contributed by atoms with Crippen LogP contribution in [0.25, 0.3) is 11.0 Å². The number of nitrogens with one attached hydrogen (secondary N) is 1. The summed E-state index contributed by atoms with van der Waals surface area (Å²) < 4.78 is 5.89. The van der Waals surface area contributed by atoms with Crippen molar-refractivity contribution in [2.45, 2.75) is 44.8 Å². The van der Waals surface area contributed by atoms with Crippen LogP contribution in [0.2, 0.25) is 0 Å². The summed E-state index contributed by atoms with van der Waals surface area (Å²) >= 11 is 0. The quantitative estimate of drug-likeness (QED) is 0.940. The Morgan fingerprint density at radius 1 is 1.39 bits per heavy atom. The highest BCUT2D eigenvalue weighted by Crippen LogP contribution is 2.59. The summed E-state index contributed by atoms with van der Waals surface area (Å²) in [5, 5.41) is 10.7. The number of carbonyl (C=O) groups excluding carboxylic acids is 1. The molecule has 122 valence electrons. The molecule has 6 heteroatoms. The summed E-state index contributed by atoms with van der Waals surface area (Å²) in [6.45, 7) is 2.79. The summed E-state index contributed by atoms with van der Waals surface area (Å²) in [5.74, 6) is 0.0566. The Morgan fingerprint density at radius 2 is 2.17 bits per heavy atom. The van der Waals surface area contributed by atoms with E-state index < -0.39 is 0 Å². The molecule has 0 saturated heterocycles. The lowest BCUT2D eigenvalue weighted by molar-refractivity contribution is -0.192. The lowest BCUT2D eigenvalue weighted by Crippen LogP contribution is -2.67. The van der Waals surface area contributed by atoms with Gasteiger partial charge in [0.15, 0.2) is 0 Å². The molecule has 2 atom stereocenters. The average Bonchev–Trinajstić information content (AvgIpc) is 2.95. The van der Waals surface area contributed by atoms with Crippen molar-refractivity contribution in [1.82, 2.24) is 20.3 Å². The van der Waals surface area contributed by atoms with Crippen LogP contribution in [0.4, 0.5) is 0 Å². The van der Waals surface area contributed by atoms with Gasteiger partial charge in [-0.25, -0.2) is 0 Å². The summed E-state index contributed by atoms with van der Waals surface area (Å²) in [7, 11) is 1.92. The van der Waals surface area contributed by atoms with Crippen LogP contribution in [0.5, 0.6) is 0 Å². The Morgan fingerprint density at radius 3 is 2.87 bits per heavy atom. The number of aromatic nitrogens is 3. The van der Waals surface area contributed by atoms with E-state index in [0.717, 1.165) is 24.1 Å². The molecule has 1 aromatic heterocycles. The van der Waals surface area contributed by atoms with E-state index >= 15 is 0 Å². The Balaban J connectivity index is 1.54. The van der Waals surface area contributed by atoms with Crippen LogP contribution in [-0.2, 0) is 4.74 Å². The van der Waals surface area contributed by atoms with Crippen molar-refractivity contribution >= 4 is 16.9 Å². The monoisotopic (exact) mass is 314 g/mol. The molecule has 1 amide bonds. The molecule has 1 heterocycles. The van der Waals surface area contributed by atoms with Gasteiger partial charge in [0.1, 0.15) is 11.0 Å². The van der Waals surface area contributed by atoms with E-state index in [2.05, 4.69) is 15.4 Å². The lowest BCUT2D eigenvalue weighted by atomic mass is 9.50. The van der Waals surface area contributed by atoms with Gasteiger partial charge in [0.05, 0.1) is 6.10 Å². The number of aromatic amines is 1. The van der Waals surface area contributed by atoms with Crippen LogP contribution >= 0.6 is 0 Å². The Bertz CT molecular complexity index is 737. The van der Waals surface area contributed by atoms with Gasteiger partial charge in [-0.3, -0.25) is 4.79 Å². The van der Waals surface area contributed by atoms with Gasteiger partial charge in [-0.1, -0.05) is 6.42 Å². The van der Waals surface area contributed by atoms with Crippen molar-refractivity contribution < 1.29 is 9.53 Å². The van der Waals surface area contributed by atoms with Gasteiger partial charge in [0.25, 0.3) is 5.91 Å². The predicted octanol–water partition coefficient (Wildman–Crippen LogP) is 2.38. The van der Waals surface area contributed by atoms with E-state index in [4.69, 9.17) is 4.74 Å².